The Hall–Kier alpha value is -1.51. The van der Waals surface area contributed by atoms with Crippen LogP contribution >= 0.6 is 48.0 Å². The van der Waals surface area contributed by atoms with Gasteiger partial charge in [0.05, 0.1) is 16.1 Å². The molecule has 0 bridgehead atoms. The van der Waals surface area contributed by atoms with E-state index in [0.29, 0.717) is 11.6 Å². The molecule has 2 rings (SSSR count). The number of hydrogen-bond acceptors (Lipinski definition) is 3. The summed E-state index contributed by atoms with van der Waals surface area (Å²) >= 11 is 10.6. The van der Waals surface area contributed by atoms with Gasteiger partial charge in [-0.3, -0.25) is 14.6 Å². The molecule has 2 aromatic carbocycles. The zero-order chi connectivity index (χ0) is 21.7. The lowest BCUT2D eigenvalue weighted by Crippen LogP contribution is -2.50. The molecular formula is C19H21Cl4F3N2O2. The normalized spacial score (nSPS) is 10.6. The Morgan fingerprint density at radius 2 is 1.43 bits per heavy atom. The van der Waals surface area contributed by atoms with E-state index >= 15 is 0 Å². The molecule has 0 aliphatic rings. The van der Waals surface area contributed by atoms with Gasteiger partial charge >= 0.3 is 6.18 Å². The highest BCUT2D eigenvalue weighted by molar-refractivity contribution is 6.67. The van der Waals surface area contributed by atoms with Crippen LogP contribution in [0, 0.1) is 0 Å². The van der Waals surface area contributed by atoms with Crippen molar-refractivity contribution in [1.82, 2.24) is 5.01 Å². The number of halogens is 7. The van der Waals surface area contributed by atoms with Gasteiger partial charge in [0.1, 0.15) is 0 Å². The van der Waals surface area contributed by atoms with Crippen LogP contribution in [0.25, 0.3) is 0 Å². The van der Waals surface area contributed by atoms with Gasteiger partial charge in [-0.1, -0.05) is 41.9 Å². The molecule has 2 N–H and O–H groups in total. The van der Waals surface area contributed by atoms with Crippen LogP contribution in [-0.2, 0) is 6.18 Å². The summed E-state index contributed by atoms with van der Waals surface area (Å²) in [6.07, 6.45) is -4.62. The summed E-state index contributed by atoms with van der Waals surface area (Å²) < 4.78 is 38.1. The number of hydrogen-bond donors (Lipinski definition) is 1. The minimum absolute atomic E-state index is 0. The van der Waals surface area contributed by atoms with Crippen molar-refractivity contribution in [3.8, 4) is 0 Å². The van der Waals surface area contributed by atoms with Crippen molar-refractivity contribution in [3.63, 3.8) is 0 Å². The Kier molecular flexibility index (Phi) is 12.7. The van der Waals surface area contributed by atoms with Crippen LogP contribution in [0.4, 0.5) is 13.2 Å². The Labute approximate surface area is 195 Å². The van der Waals surface area contributed by atoms with Gasteiger partial charge in [-0.25, -0.2) is 5.84 Å². The molecule has 4 nitrogen and oxygen atoms in total. The van der Waals surface area contributed by atoms with E-state index in [1.54, 1.807) is 45.0 Å². The van der Waals surface area contributed by atoms with Crippen LogP contribution in [0.1, 0.15) is 47.1 Å². The fourth-order valence-corrected chi connectivity index (χ4v) is 2.24. The van der Waals surface area contributed by atoms with Crippen molar-refractivity contribution in [1.29, 1.82) is 0 Å². The van der Waals surface area contributed by atoms with Crippen molar-refractivity contribution in [2.45, 2.75) is 32.5 Å². The minimum Gasteiger partial charge on any atom is -0.276 e. The summed E-state index contributed by atoms with van der Waals surface area (Å²) in [4.78, 5) is 22.4. The second kappa shape index (κ2) is 12.4. The average Bonchev–Trinajstić information content (AvgIpc) is 2.60. The van der Waals surface area contributed by atoms with Crippen molar-refractivity contribution in [3.05, 3.63) is 70.2 Å². The standard InChI is InChI=1S/C12H14ClF3N2O.C7H5ClO.2ClH/c1-11(2,3)18(17)10(19)7-4-5-9(13)8(6-7)12(14,15)16;8-7(9)6-4-2-1-3-5-6;;/h4-6H,17H2,1-3H3;1-5H;2*1H. The lowest BCUT2D eigenvalue weighted by molar-refractivity contribution is -0.137. The number of amides is 1. The maximum atomic E-state index is 12.7. The first-order valence-corrected chi connectivity index (χ1v) is 8.71. The molecule has 0 atom stereocenters. The third-order valence-electron chi connectivity index (χ3n) is 3.46. The summed E-state index contributed by atoms with van der Waals surface area (Å²) in [6, 6.07) is 11.7. The fraction of sp³-hybridized carbons (Fsp3) is 0.263. The lowest BCUT2D eigenvalue weighted by atomic mass is 10.1. The summed E-state index contributed by atoms with van der Waals surface area (Å²) in [6.45, 7) is 5.02. The van der Waals surface area contributed by atoms with Crippen LogP contribution in [0.2, 0.25) is 5.02 Å². The summed E-state index contributed by atoms with van der Waals surface area (Å²) in [5, 5.41) is 0.0233. The second-order valence-corrected chi connectivity index (χ2v) is 7.43. The number of alkyl halides is 3. The molecule has 0 aliphatic heterocycles. The number of hydrazine groups is 1. The molecule has 30 heavy (non-hydrogen) atoms. The van der Waals surface area contributed by atoms with Crippen molar-refractivity contribution < 1.29 is 22.8 Å². The van der Waals surface area contributed by atoms with Crippen molar-refractivity contribution in [2.75, 3.05) is 0 Å². The summed E-state index contributed by atoms with van der Waals surface area (Å²) in [7, 11) is 0. The van der Waals surface area contributed by atoms with Gasteiger partial charge < -0.3 is 0 Å². The van der Waals surface area contributed by atoms with E-state index < -0.39 is 33.5 Å². The predicted molar refractivity (Wildman–Crippen MR) is 118 cm³/mol. The maximum absolute atomic E-state index is 12.7. The van der Waals surface area contributed by atoms with Crippen LogP contribution < -0.4 is 5.84 Å². The van der Waals surface area contributed by atoms with Gasteiger partial charge in [0.15, 0.2) is 0 Å². The van der Waals surface area contributed by atoms with Gasteiger partial charge in [0.2, 0.25) is 0 Å². The molecule has 0 saturated heterocycles. The van der Waals surface area contributed by atoms with E-state index in [4.69, 9.17) is 29.0 Å². The molecule has 0 unspecified atom stereocenters. The smallest absolute Gasteiger partial charge is 0.276 e. The lowest BCUT2D eigenvalue weighted by Gasteiger charge is -2.31. The zero-order valence-corrected chi connectivity index (χ0v) is 19.3. The number of benzene rings is 2. The summed E-state index contributed by atoms with van der Waals surface area (Å²) in [5.41, 5.74) is -1.37. The number of rotatable bonds is 2. The van der Waals surface area contributed by atoms with E-state index in [0.717, 1.165) is 11.1 Å². The maximum Gasteiger partial charge on any atom is 0.417 e. The number of carbonyl (C=O) groups excluding carboxylic acids is 2. The Balaban J connectivity index is 0. The fourth-order valence-electron chi connectivity index (χ4n) is 1.89. The molecule has 0 spiro atoms. The van der Waals surface area contributed by atoms with E-state index in [1.807, 2.05) is 6.07 Å². The van der Waals surface area contributed by atoms with Crippen LogP contribution in [0.3, 0.4) is 0 Å². The van der Waals surface area contributed by atoms with Gasteiger partial charge in [-0.05, 0) is 50.6 Å². The molecule has 2 aromatic rings. The topological polar surface area (TPSA) is 63.4 Å². The van der Waals surface area contributed by atoms with Gasteiger partial charge in [-0.15, -0.1) is 24.8 Å². The first-order chi connectivity index (χ1) is 12.7. The molecule has 0 radical (unpaired) electrons. The predicted octanol–water partition coefficient (Wildman–Crippen LogP) is 6.38. The zero-order valence-electron chi connectivity index (χ0n) is 16.2. The Morgan fingerprint density at radius 1 is 0.933 bits per heavy atom. The molecule has 11 heteroatoms. The molecule has 0 aliphatic carbocycles. The average molecular weight is 508 g/mol. The number of nitrogens with two attached hydrogens (primary N) is 1. The highest BCUT2D eigenvalue weighted by Crippen LogP contribution is 2.35. The third-order valence-corrected chi connectivity index (χ3v) is 4.01. The monoisotopic (exact) mass is 506 g/mol. The minimum atomic E-state index is -4.62. The first kappa shape index (κ1) is 30.7. The molecule has 168 valence electrons. The highest BCUT2D eigenvalue weighted by atomic mass is 35.5. The van der Waals surface area contributed by atoms with E-state index in [1.165, 1.54) is 6.07 Å². The summed E-state index contributed by atoms with van der Waals surface area (Å²) in [5.74, 6) is 4.89. The first-order valence-electron chi connectivity index (χ1n) is 7.96. The van der Waals surface area contributed by atoms with E-state index in [2.05, 4.69) is 0 Å². The van der Waals surface area contributed by atoms with Gasteiger partial charge in [0, 0.05) is 11.1 Å². The quantitative estimate of drug-likeness (QED) is 0.222. The third kappa shape index (κ3) is 9.10. The SMILES string of the molecule is CC(C)(C)N(N)C(=O)c1ccc(Cl)c(C(F)(F)F)c1.Cl.Cl.O=C(Cl)c1ccccc1. The largest absolute Gasteiger partial charge is 0.417 e. The molecule has 0 saturated carbocycles. The van der Waals surface area contributed by atoms with Crippen molar-refractivity contribution >= 4 is 59.2 Å². The Bertz CT molecular complexity index is 842. The van der Waals surface area contributed by atoms with Crippen molar-refractivity contribution in [2.24, 2.45) is 5.84 Å². The van der Waals surface area contributed by atoms with E-state index in [-0.39, 0.29) is 30.4 Å². The Morgan fingerprint density at radius 3 is 1.80 bits per heavy atom. The van der Waals surface area contributed by atoms with Gasteiger partial charge in [0.25, 0.3) is 11.1 Å². The van der Waals surface area contributed by atoms with Crippen LogP contribution in [0.5, 0.6) is 0 Å². The second-order valence-electron chi connectivity index (χ2n) is 6.68. The number of nitrogens with zero attached hydrogens (tertiary/aromatic N) is 1. The van der Waals surface area contributed by atoms with Gasteiger partial charge in [-0.2, -0.15) is 13.2 Å². The number of carbonyl (C=O) groups is 2. The molecule has 0 heterocycles. The molecular weight excluding hydrogens is 487 g/mol. The van der Waals surface area contributed by atoms with Crippen LogP contribution in [0.15, 0.2) is 48.5 Å². The van der Waals surface area contributed by atoms with E-state index in [9.17, 15) is 22.8 Å². The van der Waals surface area contributed by atoms with Crippen LogP contribution in [-0.4, -0.2) is 21.7 Å². The molecule has 1 amide bonds. The highest BCUT2D eigenvalue weighted by Gasteiger charge is 2.34. The molecule has 0 aromatic heterocycles. The molecule has 0 fully saturated rings.